The molecule has 1 aromatic carbocycles. The Hall–Kier alpha value is -3.68. The van der Waals surface area contributed by atoms with Crippen LogP contribution in [0.15, 0.2) is 41.3 Å². The van der Waals surface area contributed by atoms with Gasteiger partial charge in [-0.05, 0) is 44.9 Å². The predicted molar refractivity (Wildman–Crippen MR) is 119 cm³/mol. The zero-order chi connectivity index (χ0) is 22.1. The van der Waals surface area contributed by atoms with Gasteiger partial charge in [-0.1, -0.05) is 18.2 Å². The summed E-state index contributed by atoms with van der Waals surface area (Å²) in [5.74, 6) is 0.324. The third kappa shape index (κ3) is 4.28. The maximum absolute atomic E-state index is 12.9. The summed E-state index contributed by atoms with van der Waals surface area (Å²) in [5, 5.41) is 8.60. The minimum atomic E-state index is -0.453. The Labute approximate surface area is 179 Å². The summed E-state index contributed by atoms with van der Waals surface area (Å²) < 4.78 is 1.71. The Morgan fingerprint density at radius 3 is 2.68 bits per heavy atom. The number of H-pyrrole nitrogens is 2. The van der Waals surface area contributed by atoms with E-state index < -0.39 is 6.04 Å². The van der Waals surface area contributed by atoms with E-state index in [-0.39, 0.29) is 18.0 Å². The molecular weight excluding hydrogens is 392 g/mol. The third-order valence-corrected chi connectivity index (χ3v) is 5.71. The fourth-order valence-corrected chi connectivity index (χ4v) is 3.85. The first-order valence-electron chi connectivity index (χ1n) is 10.2. The van der Waals surface area contributed by atoms with Gasteiger partial charge >= 0.3 is 0 Å². The van der Waals surface area contributed by atoms with E-state index in [1.54, 1.807) is 11.6 Å². The number of carbonyl (C=O) groups is 1. The molecule has 4 aromatic rings. The summed E-state index contributed by atoms with van der Waals surface area (Å²) in [6.07, 6.45) is 2.44. The zero-order valence-electron chi connectivity index (χ0n) is 18.1. The van der Waals surface area contributed by atoms with Gasteiger partial charge in [0.2, 0.25) is 5.91 Å². The van der Waals surface area contributed by atoms with Crippen molar-refractivity contribution in [3.05, 3.63) is 80.9 Å². The lowest BCUT2D eigenvalue weighted by Crippen LogP contribution is -2.34. The Bertz CT molecular complexity index is 1310. The number of fused-ring (bicyclic) bond motifs is 1. The molecule has 0 saturated carbocycles. The summed E-state index contributed by atoms with van der Waals surface area (Å²) in [5.41, 5.74) is 5.31. The first-order chi connectivity index (χ1) is 14.8. The van der Waals surface area contributed by atoms with Gasteiger partial charge in [-0.3, -0.25) is 14.3 Å². The standard InChI is InChI=1S/C23H26N6O2/c1-13-14(2)28-29(15(13)3)12-23(31)27-20(21-10-22(30)26-16(4)25-21)9-17-11-24-19-8-6-5-7-18(17)19/h5-8,10-11,20,24H,9,12H2,1-4H3,(H,27,31)(H,25,26,30). The Kier molecular flexibility index (Phi) is 5.46. The predicted octanol–water partition coefficient (Wildman–Crippen LogP) is 2.78. The molecule has 4 rings (SSSR count). The van der Waals surface area contributed by atoms with Crippen molar-refractivity contribution in [3.8, 4) is 0 Å². The molecule has 1 atom stereocenters. The number of hydrogen-bond donors (Lipinski definition) is 3. The van der Waals surface area contributed by atoms with Gasteiger partial charge in [-0.15, -0.1) is 0 Å². The van der Waals surface area contributed by atoms with Gasteiger partial charge in [-0.2, -0.15) is 5.10 Å². The number of para-hydroxylation sites is 1. The molecule has 3 heterocycles. The molecule has 0 radical (unpaired) electrons. The first kappa shape index (κ1) is 20.6. The minimum Gasteiger partial charge on any atom is -0.361 e. The first-order valence-corrected chi connectivity index (χ1v) is 10.2. The molecule has 0 aliphatic heterocycles. The van der Waals surface area contributed by atoms with Gasteiger partial charge in [0.25, 0.3) is 5.56 Å². The van der Waals surface area contributed by atoms with E-state index in [0.29, 0.717) is 17.9 Å². The van der Waals surface area contributed by atoms with Crippen LogP contribution in [0.5, 0.6) is 0 Å². The van der Waals surface area contributed by atoms with Gasteiger partial charge in [-0.25, -0.2) is 4.98 Å². The van der Waals surface area contributed by atoms with Crippen LogP contribution in [-0.2, 0) is 17.8 Å². The summed E-state index contributed by atoms with van der Waals surface area (Å²) in [6, 6.07) is 8.99. The number of amides is 1. The van der Waals surface area contributed by atoms with Crippen molar-refractivity contribution in [1.82, 2.24) is 30.0 Å². The van der Waals surface area contributed by atoms with Crippen molar-refractivity contribution in [2.45, 2.75) is 46.7 Å². The molecule has 1 amide bonds. The molecule has 3 N–H and O–H groups in total. The highest BCUT2D eigenvalue weighted by atomic mass is 16.2. The number of aryl methyl sites for hydroxylation is 2. The number of aromatic amines is 2. The number of nitrogens with zero attached hydrogens (tertiary/aromatic N) is 3. The van der Waals surface area contributed by atoms with Crippen molar-refractivity contribution in [2.24, 2.45) is 0 Å². The number of nitrogens with one attached hydrogen (secondary N) is 3. The van der Waals surface area contributed by atoms with Gasteiger partial charge in [0.1, 0.15) is 12.4 Å². The monoisotopic (exact) mass is 418 g/mol. The number of aromatic nitrogens is 5. The topological polar surface area (TPSA) is 108 Å². The van der Waals surface area contributed by atoms with Crippen LogP contribution >= 0.6 is 0 Å². The maximum atomic E-state index is 12.9. The number of benzene rings is 1. The summed E-state index contributed by atoms with van der Waals surface area (Å²) in [6.45, 7) is 7.71. The molecule has 31 heavy (non-hydrogen) atoms. The van der Waals surface area contributed by atoms with Crippen LogP contribution in [0.4, 0.5) is 0 Å². The molecular formula is C23H26N6O2. The highest BCUT2D eigenvalue weighted by Crippen LogP contribution is 2.23. The van der Waals surface area contributed by atoms with Crippen LogP contribution in [0.2, 0.25) is 0 Å². The van der Waals surface area contributed by atoms with Crippen molar-refractivity contribution in [1.29, 1.82) is 0 Å². The summed E-state index contributed by atoms with van der Waals surface area (Å²) >= 11 is 0. The van der Waals surface area contributed by atoms with Crippen LogP contribution in [0.3, 0.4) is 0 Å². The lowest BCUT2D eigenvalue weighted by Gasteiger charge is -2.19. The molecule has 0 aliphatic carbocycles. The Morgan fingerprint density at radius 2 is 1.97 bits per heavy atom. The molecule has 160 valence electrons. The molecule has 0 saturated heterocycles. The van der Waals surface area contributed by atoms with Crippen LogP contribution in [-0.4, -0.2) is 30.6 Å². The number of rotatable bonds is 6. The molecule has 0 bridgehead atoms. The smallest absolute Gasteiger partial charge is 0.251 e. The highest BCUT2D eigenvalue weighted by molar-refractivity contribution is 5.83. The van der Waals surface area contributed by atoms with Gasteiger partial charge in [0.05, 0.1) is 17.4 Å². The van der Waals surface area contributed by atoms with Gasteiger partial charge in [0, 0.05) is 35.3 Å². The van der Waals surface area contributed by atoms with E-state index >= 15 is 0 Å². The lowest BCUT2D eigenvalue weighted by atomic mass is 10.0. The minimum absolute atomic E-state index is 0.104. The summed E-state index contributed by atoms with van der Waals surface area (Å²) in [4.78, 5) is 35.4. The Balaban J connectivity index is 1.64. The SMILES string of the molecule is Cc1nc(C(Cc2c[nH]c3ccccc23)NC(=O)Cn2nc(C)c(C)c2C)cc(=O)[nH]1. The van der Waals surface area contributed by atoms with E-state index in [0.717, 1.165) is 33.4 Å². The van der Waals surface area contributed by atoms with Crippen molar-refractivity contribution >= 4 is 16.8 Å². The molecule has 8 nitrogen and oxygen atoms in total. The van der Waals surface area contributed by atoms with E-state index in [2.05, 4.69) is 25.4 Å². The molecule has 0 fully saturated rings. The number of carbonyl (C=O) groups excluding carboxylic acids is 1. The van der Waals surface area contributed by atoms with Crippen LogP contribution < -0.4 is 10.9 Å². The van der Waals surface area contributed by atoms with Crippen LogP contribution in [0.25, 0.3) is 10.9 Å². The summed E-state index contributed by atoms with van der Waals surface area (Å²) in [7, 11) is 0. The van der Waals surface area contributed by atoms with Gasteiger partial charge in [0.15, 0.2) is 0 Å². The van der Waals surface area contributed by atoms with E-state index in [4.69, 9.17) is 0 Å². The van der Waals surface area contributed by atoms with E-state index in [1.807, 2.05) is 51.2 Å². The Morgan fingerprint density at radius 1 is 1.19 bits per heavy atom. The third-order valence-electron chi connectivity index (χ3n) is 5.71. The molecule has 8 heteroatoms. The fraction of sp³-hybridized carbons (Fsp3) is 0.304. The van der Waals surface area contributed by atoms with Gasteiger partial charge < -0.3 is 15.3 Å². The average Bonchev–Trinajstić information content (AvgIpc) is 3.23. The molecule has 1 unspecified atom stereocenters. The maximum Gasteiger partial charge on any atom is 0.251 e. The largest absolute Gasteiger partial charge is 0.361 e. The van der Waals surface area contributed by atoms with Crippen molar-refractivity contribution in [3.63, 3.8) is 0 Å². The second-order valence-corrected chi connectivity index (χ2v) is 7.89. The second-order valence-electron chi connectivity index (χ2n) is 7.89. The van der Waals surface area contributed by atoms with Crippen LogP contribution in [0.1, 0.15) is 40.1 Å². The second kappa shape index (κ2) is 8.22. The van der Waals surface area contributed by atoms with Crippen molar-refractivity contribution in [2.75, 3.05) is 0 Å². The van der Waals surface area contributed by atoms with E-state index in [9.17, 15) is 9.59 Å². The van der Waals surface area contributed by atoms with Crippen LogP contribution in [0, 0.1) is 27.7 Å². The van der Waals surface area contributed by atoms with Crippen molar-refractivity contribution < 1.29 is 4.79 Å². The highest BCUT2D eigenvalue weighted by Gasteiger charge is 2.21. The normalized spacial score (nSPS) is 12.3. The number of hydrogen-bond acceptors (Lipinski definition) is 4. The quantitative estimate of drug-likeness (QED) is 0.447. The van der Waals surface area contributed by atoms with E-state index in [1.165, 1.54) is 6.07 Å². The fourth-order valence-electron chi connectivity index (χ4n) is 3.85. The zero-order valence-corrected chi connectivity index (χ0v) is 18.1. The lowest BCUT2D eigenvalue weighted by molar-refractivity contribution is -0.122. The molecule has 0 aliphatic rings. The average molecular weight is 419 g/mol. The molecule has 0 spiro atoms. The molecule has 3 aromatic heterocycles.